The first-order chi connectivity index (χ1) is 13.8. The van der Waals surface area contributed by atoms with Gasteiger partial charge in [-0.2, -0.15) is 13.2 Å². The molecular weight excluding hydrogens is 401 g/mol. The molecular formula is C21H19F3N2O2S. The monoisotopic (exact) mass is 420 g/mol. The summed E-state index contributed by atoms with van der Waals surface area (Å²) in [5.41, 5.74) is 0.163. The van der Waals surface area contributed by atoms with E-state index in [-0.39, 0.29) is 16.1 Å². The van der Waals surface area contributed by atoms with Crippen LogP contribution in [0.2, 0.25) is 0 Å². The highest BCUT2D eigenvalue weighted by Gasteiger charge is 2.33. The first kappa shape index (κ1) is 20.9. The van der Waals surface area contributed by atoms with Crippen molar-refractivity contribution in [1.82, 2.24) is 0 Å². The Morgan fingerprint density at radius 1 is 1.03 bits per heavy atom. The van der Waals surface area contributed by atoms with Gasteiger partial charge < -0.3 is 15.1 Å². The van der Waals surface area contributed by atoms with Crippen molar-refractivity contribution in [2.45, 2.75) is 32.4 Å². The van der Waals surface area contributed by atoms with E-state index in [4.69, 9.17) is 16.6 Å². The summed E-state index contributed by atoms with van der Waals surface area (Å²) in [6, 6.07) is 12.3. The van der Waals surface area contributed by atoms with Gasteiger partial charge in [-0.15, -0.1) is 0 Å². The third-order valence-corrected chi connectivity index (χ3v) is 4.54. The number of fused-ring (bicyclic) bond motifs is 1. The molecule has 0 amide bonds. The molecule has 3 rings (SSSR count). The van der Waals surface area contributed by atoms with Gasteiger partial charge in [0.05, 0.1) is 5.56 Å². The van der Waals surface area contributed by atoms with Gasteiger partial charge in [0, 0.05) is 28.9 Å². The Morgan fingerprint density at radius 3 is 2.34 bits per heavy atom. The predicted molar refractivity (Wildman–Crippen MR) is 112 cm³/mol. The SMILES string of the molecule is CCCCc1ccc(NC(=S)Nc2ccc3c(C(F)(F)F)cc(=O)oc3c2)cc1. The summed E-state index contributed by atoms with van der Waals surface area (Å²) in [6.07, 6.45) is -1.38. The molecule has 0 unspecified atom stereocenters. The number of rotatable bonds is 5. The second kappa shape index (κ2) is 8.65. The van der Waals surface area contributed by atoms with Gasteiger partial charge in [0.25, 0.3) is 0 Å². The van der Waals surface area contributed by atoms with E-state index in [9.17, 15) is 18.0 Å². The Morgan fingerprint density at radius 2 is 1.69 bits per heavy atom. The highest BCUT2D eigenvalue weighted by Crippen LogP contribution is 2.34. The summed E-state index contributed by atoms with van der Waals surface area (Å²) >= 11 is 5.26. The van der Waals surface area contributed by atoms with Crippen LogP contribution in [-0.2, 0) is 12.6 Å². The average molecular weight is 420 g/mol. The summed E-state index contributed by atoms with van der Waals surface area (Å²) in [5, 5.41) is 5.98. The summed E-state index contributed by atoms with van der Waals surface area (Å²) in [7, 11) is 0. The minimum Gasteiger partial charge on any atom is -0.423 e. The van der Waals surface area contributed by atoms with Gasteiger partial charge in [-0.1, -0.05) is 25.5 Å². The molecule has 2 aromatic carbocycles. The maximum Gasteiger partial charge on any atom is 0.417 e. The molecule has 152 valence electrons. The molecule has 1 heterocycles. The van der Waals surface area contributed by atoms with Gasteiger partial charge in [-0.25, -0.2) is 4.79 Å². The number of thiocarbonyl (C=S) groups is 1. The molecule has 2 N–H and O–H groups in total. The number of anilines is 2. The summed E-state index contributed by atoms with van der Waals surface area (Å²) in [4.78, 5) is 11.5. The van der Waals surface area contributed by atoms with Crippen molar-refractivity contribution in [3.8, 4) is 0 Å². The highest BCUT2D eigenvalue weighted by atomic mass is 32.1. The largest absolute Gasteiger partial charge is 0.423 e. The van der Waals surface area contributed by atoms with E-state index < -0.39 is 17.4 Å². The fourth-order valence-electron chi connectivity index (χ4n) is 2.90. The molecule has 4 nitrogen and oxygen atoms in total. The van der Waals surface area contributed by atoms with Crippen LogP contribution in [0.15, 0.2) is 57.7 Å². The van der Waals surface area contributed by atoms with E-state index in [1.165, 1.54) is 23.8 Å². The molecule has 3 aromatic rings. The van der Waals surface area contributed by atoms with Crippen molar-refractivity contribution in [2.75, 3.05) is 10.6 Å². The lowest BCUT2D eigenvalue weighted by atomic mass is 10.1. The Hall–Kier alpha value is -2.87. The third-order valence-electron chi connectivity index (χ3n) is 4.34. The normalized spacial score (nSPS) is 11.4. The molecule has 0 radical (unpaired) electrons. The fraction of sp³-hybridized carbons (Fsp3) is 0.238. The molecule has 0 atom stereocenters. The van der Waals surface area contributed by atoms with Gasteiger partial charge in [0.2, 0.25) is 0 Å². The number of aryl methyl sites for hydroxylation is 1. The number of alkyl halides is 3. The maximum atomic E-state index is 13.1. The zero-order chi connectivity index (χ0) is 21.0. The minimum absolute atomic E-state index is 0.169. The maximum absolute atomic E-state index is 13.1. The van der Waals surface area contributed by atoms with Gasteiger partial charge in [0.15, 0.2) is 5.11 Å². The Bertz CT molecular complexity index is 1080. The minimum atomic E-state index is -4.65. The zero-order valence-corrected chi connectivity index (χ0v) is 16.4. The van der Waals surface area contributed by atoms with E-state index in [0.29, 0.717) is 11.8 Å². The van der Waals surface area contributed by atoms with Crippen molar-refractivity contribution in [3.05, 3.63) is 70.1 Å². The van der Waals surface area contributed by atoms with Crippen molar-refractivity contribution < 1.29 is 17.6 Å². The van der Waals surface area contributed by atoms with Crippen LogP contribution in [0.1, 0.15) is 30.9 Å². The van der Waals surface area contributed by atoms with E-state index >= 15 is 0 Å². The third kappa shape index (κ3) is 5.35. The highest BCUT2D eigenvalue weighted by molar-refractivity contribution is 7.80. The lowest BCUT2D eigenvalue weighted by molar-refractivity contribution is -0.136. The molecule has 0 aliphatic rings. The number of hydrogen-bond acceptors (Lipinski definition) is 3. The van der Waals surface area contributed by atoms with Crippen LogP contribution in [-0.4, -0.2) is 5.11 Å². The number of hydrogen-bond donors (Lipinski definition) is 2. The molecule has 0 fully saturated rings. The second-order valence-electron chi connectivity index (χ2n) is 6.57. The van der Waals surface area contributed by atoms with Crippen LogP contribution in [0.4, 0.5) is 24.5 Å². The smallest absolute Gasteiger partial charge is 0.417 e. The van der Waals surface area contributed by atoms with Gasteiger partial charge in [-0.3, -0.25) is 0 Å². The topological polar surface area (TPSA) is 54.3 Å². The van der Waals surface area contributed by atoms with Crippen LogP contribution < -0.4 is 16.3 Å². The Kier molecular flexibility index (Phi) is 6.22. The molecule has 0 aliphatic heterocycles. The average Bonchev–Trinajstić information content (AvgIpc) is 2.65. The van der Waals surface area contributed by atoms with Crippen molar-refractivity contribution in [3.63, 3.8) is 0 Å². The molecule has 0 spiro atoms. The Labute approximate surface area is 170 Å². The number of unbranched alkanes of at least 4 members (excludes halogenated alkanes) is 1. The van der Waals surface area contributed by atoms with Gasteiger partial charge in [-0.05, 0) is 54.9 Å². The lowest BCUT2D eigenvalue weighted by Gasteiger charge is -2.13. The van der Waals surface area contributed by atoms with Crippen molar-refractivity contribution in [2.24, 2.45) is 0 Å². The second-order valence-corrected chi connectivity index (χ2v) is 6.98. The van der Waals surface area contributed by atoms with E-state index in [1.54, 1.807) is 0 Å². The summed E-state index contributed by atoms with van der Waals surface area (Å²) in [5.74, 6) is 0. The predicted octanol–water partition coefficient (Wildman–Crippen LogP) is 5.96. The van der Waals surface area contributed by atoms with Crippen LogP contribution in [0.25, 0.3) is 11.0 Å². The standard InChI is InChI=1S/C21H19F3N2O2S/c1-2-3-4-13-5-7-14(8-6-13)25-20(29)26-15-9-10-16-17(21(22,23)24)12-19(27)28-18(16)11-15/h5-12H,2-4H2,1H3,(H2,25,26,29). The molecule has 0 bridgehead atoms. The van der Waals surface area contributed by atoms with Crippen LogP contribution in [0.5, 0.6) is 0 Å². The quantitative estimate of drug-likeness (QED) is 0.394. The van der Waals surface area contributed by atoms with Crippen molar-refractivity contribution in [1.29, 1.82) is 0 Å². The van der Waals surface area contributed by atoms with E-state index in [1.807, 2.05) is 24.3 Å². The van der Waals surface area contributed by atoms with Crippen LogP contribution >= 0.6 is 12.2 Å². The number of benzene rings is 2. The summed E-state index contributed by atoms with van der Waals surface area (Å²) < 4.78 is 44.3. The first-order valence-corrected chi connectivity index (χ1v) is 9.49. The molecule has 0 saturated carbocycles. The first-order valence-electron chi connectivity index (χ1n) is 9.08. The Balaban J connectivity index is 1.74. The van der Waals surface area contributed by atoms with Gasteiger partial charge >= 0.3 is 11.8 Å². The van der Waals surface area contributed by atoms with Crippen molar-refractivity contribution >= 4 is 39.7 Å². The zero-order valence-electron chi connectivity index (χ0n) is 15.6. The van der Waals surface area contributed by atoms with Crippen LogP contribution in [0, 0.1) is 0 Å². The molecule has 29 heavy (non-hydrogen) atoms. The molecule has 0 aliphatic carbocycles. The van der Waals surface area contributed by atoms with E-state index in [2.05, 4.69) is 17.6 Å². The lowest BCUT2D eigenvalue weighted by Crippen LogP contribution is -2.19. The van der Waals surface area contributed by atoms with E-state index in [0.717, 1.165) is 24.9 Å². The summed E-state index contributed by atoms with van der Waals surface area (Å²) in [6.45, 7) is 2.14. The van der Waals surface area contributed by atoms with Crippen LogP contribution in [0.3, 0.4) is 0 Å². The molecule has 0 saturated heterocycles. The fourth-order valence-corrected chi connectivity index (χ4v) is 3.14. The molecule has 8 heteroatoms. The number of nitrogens with one attached hydrogen (secondary N) is 2. The number of halogens is 3. The van der Waals surface area contributed by atoms with Gasteiger partial charge in [0.1, 0.15) is 5.58 Å². The molecule has 1 aromatic heterocycles.